The summed E-state index contributed by atoms with van der Waals surface area (Å²) in [5.74, 6) is 0.546. The number of benzene rings is 2. The van der Waals surface area contributed by atoms with E-state index in [4.69, 9.17) is 39.2 Å². The molecule has 168 valence electrons. The van der Waals surface area contributed by atoms with Gasteiger partial charge in [0.2, 0.25) is 11.8 Å². The molecule has 1 heterocycles. The topological polar surface area (TPSA) is 75.4 Å². The average molecular weight is 495 g/mol. The number of hydrogen-bond acceptors (Lipinski definition) is 4. The van der Waals surface area contributed by atoms with E-state index >= 15 is 0 Å². The molecular weight excluding hydrogens is 473 g/mol. The number of carbonyl (C=O) groups excluding carboxylic acids is 2. The van der Waals surface area contributed by atoms with Gasteiger partial charge in [0.15, 0.2) is 11.7 Å². The van der Waals surface area contributed by atoms with Crippen molar-refractivity contribution in [1.29, 1.82) is 0 Å². The minimum Gasteiger partial charge on any atom is -0.441 e. The molecule has 0 aliphatic rings. The zero-order valence-corrected chi connectivity index (χ0v) is 19.7. The molecule has 32 heavy (non-hydrogen) atoms. The van der Waals surface area contributed by atoms with Crippen LogP contribution in [-0.4, -0.2) is 34.8 Å². The molecular formula is C23H22Cl3N3O3. The first kappa shape index (κ1) is 24.1. The van der Waals surface area contributed by atoms with Crippen LogP contribution in [0.3, 0.4) is 0 Å². The molecule has 1 N–H and O–H groups in total. The summed E-state index contributed by atoms with van der Waals surface area (Å²) in [5.41, 5.74) is 1.26. The molecule has 0 atom stereocenters. The van der Waals surface area contributed by atoms with Crippen molar-refractivity contribution in [2.45, 2.75) is 26.2 Å². The number of anilines is 1. The monoisotopic (exact) mass is 493 g/mol. The number of aromatic nitrogens is 1. The summed E-state index contributed by atoms with van der Waals surface area (Å²) in [7, 11) is 0. The van der Waals surface area contributed by atoms with E-state index < -0.39 is 0 Å². The van der Waals surface area contributed by atoms with Crippen molar-refractivity contribution < 1.29 is 14.0 Å². The predicted octanol–water partition coefficient (Wildman–Crippen LogP) is 6.11. The van der Waals surface area contributed by atoms with E-state index in [1.807, 2.05) is 19.1 Å². The number of aryl methyl sites for hydroxylation is 1. The smallest absolute Gasteiger partial charge is 0.244 e. The quantitative estimate of drug-likeness (QED) is 0.389. The van der Waals surface area contributed by atoms with Gasteiger partial charge in [-0.15, -0.1) is 0 Å². The van der Waals surface area contributed by atoms with Crippen LogP contribution in [0, 0.1) is 0 Å². The first-order valence-corrected chi connectivity index (χ1v) is 11.2. The summed E-state index contributed by atoms with van der Waals surface area (Å²) >= 11 is 18.0. The number of hydrogen-bond donors (Lipinski definition) is 1. The highest BCUT2D eigenvalue weighted by Crippen LogP contribution is 2.25. The Kier molecular flexibility index (Phi) is 8.56. The van der Waals surface area contributed by atoms with Gasteiger partial charge in [-0.05, 0) is 48.9 Å². The van der Waals surface area contributed by atoms with Crippen LogP contribution < -0.4 is 5.32 Å². The SMILES string of the molecule is CCCN(CC(=O)Nc1cc(Cl)ccc1Cl)C(=O)CCc1ncc(-c2ccc(Cl)cc2)o1. The lowest BCUT2D eigenvalue weighted by molar-refractivity contribution is -0.134. The van der Waals surface area contributed by atoms with Crippen LogP contribution in [0.25, 0.3) is 11.3 Å². The molecule has 0 bridgehead atoms. The predicted molar refractivity (Wildman–Crippen MR) is 127 cm³/mol. The van der Waals surface area contributed by atoms with E-state index in [-0.39, 0.29) is 24.8 Å². The number of nitrogens with zero attached hydrogens (tertiary/aromatic N) is 2. The number of nitrogens with one attached hydrogen (secondary N) is 1. The molecule has 1 aromatic heterocycles. The lowest BCUT2D eigenvalue weighted by Gasteiger charge is -2.21. The molecule has 0 fully saturated rings. The lowest BCUT2D eigenvalue weighted by atomic mass is 10.2. The minimum absolute atomic E-state index is 0.0862. The Balaban J connectivity index is 1.57. The van der Waals surface area contributed by atoms with Gasteiger partial charge in [0, 0.05) is 35.0 Å². The summed E-state index contributed by atoms with van der Waals surface area (Å²) in [5, 5.41) is 4.17. The van der Waals surface area contributed by atoms with Crippen molar-refractivity contribution in [2.75, 3.05) is 18.4 Å². The second kappa shape index (κ2) is 11.4. The summed E-state index contributed by atoms with van der Waals surface area (Å²) in [6.07, 6.45) is 2.84. The molecule has 0 radical (unpaired) electrons. The highest BCUT2D eigenvalue weighted by Gasteiger charge is 2.18. The van der Waals surface area contributed by atoms with Gasteiger partial charge in [-0.1, -0.05) is 41.7 Å². The molecule has 9 heteroatoms. The van der Waals surface area contributed by atoms with Gasteiger partial charge in [-0.2, -0.15) is 0 Å². The zero-order chi connectivity index (χ0) is 23.1. The fourth-order valence-electron chi connectivity index (χ4n) is 3.06. The Morgan fingerprint density at radius 1 is 1.06 bits per heavy atom. The van der Waals surface area contributed by atoms with Crippen LogP contribution in [0.1, 0.15) is 25.7 Å². The maximum Gasteiger partial charge on any atom is 0.244 e. The summed E-state index contributed by atoms with van der Waals surface area (Å²) < 4.78 is 5.75. The molecule has 0 aliphatic heterocycles. The maximum absolute atomic E-state index is 12.7. The number of rotatable bonds is 9. The molecule has 6 nitrogen and oxygen atoms in total. The Morgan fingerprint density at radius 3 is 2.50 bits per heavy atom. The Hall–Kier alpha value is -2.54. The van der Waals surface area contributed by atoms with E-state index in [0.717, 1.165) is 12.0 Å². The van der Waals surface area contributed by atoms with Gasteiger partial charge >= 0.3 is 0 Å². The fourth-order valence-corrected chi connectivity index (χ4v) is 3.53. The highest BCUT2D eigenvalue weighted by molar-refractivity contribution is 6.35. The van der Waals surface area contributed by atoms with Gasteiger partial charge in [0.05, 0.1) is 23.5 Å². The molecule has 0 saturated heterocycles. The third-order valence-electron chi connectivity index (χ3n) is 4.62. The second-order valence-electron chi connectivity index (χ2n) is 7.11. The zero-order valence-electron chi connectivity index (χ0n) is 17.4. The molecule has 3 aromatic rings. The molecule has 0 spiro atoms. The normalized spacial score (nSPS) is 10.8. The van der Waals surface area contributed by atoms with Gasteiger partial charge in [-0.25, -0.2) is 4.98 Å². The number of carbonyl (C=O) groups is 2. The maximum atomic E-state index is 12.7. The van der Waals surface area contributed by atoms with Gasteiger partial charge in [0.1, 0.15) is 0 Å². The van der Waals surface area contributed by atoms with Gasteiger partial charge < -0.3 is 14.6 Å². The first-order chi connectivity index (χ1) is 15.4. The van der Waals surface area contributed by atoms with E-state index in [1.54, 1.807) is 36.5 Å². The van der Waals surface area contributed by atoms with Crippen LogP contribution in [0.15, 0.2) is 53.1 Å². The van der Waals surface area contributed by atoms with Crippen LogP contribution >= 0.6 is 34.8 Å². The van der Waals surface area contributed by atoms with E-state index in [2.05, 4.69) is 10.3 Å². The van der Waals surface area contributed by atoms with Crippen molar-refractivity contribution in [1.82, 2.24) is 9.88 Å². The summed E-state index contributed by atoms with van der Waals surface area (Å²) in [4.78, 5) is 31.0. The van der Waals surface area contributed by atoms with E-state index in [0.29, 0.717) is 45.4 Å². The molecule has 3 rings (SSSR count). The Morgan fingerprint density at radius 2 is 1.78 bits per heavy atom. The van der Waals surface area contributed by atoms with Crippen molar-refractivity contribution in [3.8, 4) is 11.3 Å². The lowest BCUT2D eigenvalue weighted by Crippen LogP contribution is -2.38. The molecule has 0 saturated carbocycles. The third-order valence-corrected chi connectivity index (χ3v) is 5.43. The van der Waals surface area contributed by atoms with Crippen molar-refractivity contribution in [3.63, 3.8) is 0 Å². The standard InChI is InChI=1S/C23H22Cl3N3O3/c1-2-11-29(14-21(30)28-19-12-17(25)7-8-18(19)26)23(31)10-9-22-27-13-20(32-22)15-3-5-16(24)6-4-15/h3-8,12-13H,2,9-11,14H2,1H3,(H,28,30). The average Bonchev–Trinajstić information content (AvgIpc) is 3.24. The van der Waals surface area contributed by atoms with Crippen LogP contribution in [0.2, 0.25) is 15.1 Å². The third kappa shape index (κ3) is 6.73. The van der Waals surface area contributed by atoms with Crippen molar-refractivity contribution in [3.05, 3.63) is 69.6 Å². The van der Waals surface area contributed by atoms with E-state index in [1.165, 1.54) is 4.90 Å². The summed E-state index contributed by atoms with van der Waals surface area (Å²) in [6, 6.07) is 12.0. The molecule has 0 aliphatic carbocycles. The first-order valence-electron chi connectivity index (χ1n) is 10.1. The van der Waals surface area contributed by atoms with E-state index in [9.17, 15) is 9.59 Å². The largest absolute Gasteiger partial charge is 0.441 e. The molecule has 2 amide bonds. The van der Waals surface area contributed by atoms with Crippen LogP contribution in [-0.2, 0) is 16.0 Å². The molecule has 2 aromatic carbocycles. The number of halogens is 3. The second-order valence-corrected chi connectivity index (χ2v) is 8.39. The van der Waals surface area contributed by atoms with Gasteiger partial charge in [-0.3, -0.25) is 9.59 Å². The van der Waals surface area contributed by atoms with Crippen LogP contribution in [0.5, 0.6) is 0 Å². The Labute approximate surface area is 201 Å². The fraction of sp³-hybridized carbons (Fsp3) is 0.261. The van der Waals surface area contributed by atoms with Gasteiger partial charge in [0.25, 0.3) is 0 Å². The summed E-state index contributed by atoms with van der Waals surface area (Å²) in [6.45, 7) is 2.31. The number of amides is 2. The van der Waals surface area contributed by atoms with Crippen LogP contribution in [0.4, 0.5) is 5.69 Å². The number of oxazole rings is 1. The van der Waals surface area contributed by atoms with Crippen molar-refractivity contribution in [2.24, 2.45) is 0 Å². The minimum atomic E-state index is -0.350. The highest BCUT2D eigenvalue weighted by atomic mass is 35.5. The van der Waals surface area contributed by atoms with Crippen molar-refractivity contribution >= 4 is 52.3 Å². The Bertz CT molecular complexity index is 1080. The molecule has 0 unspecified atom stereocenters.